The molecule has 29 heavy (non-hydrogen) atoms. The van der Waals surface area contributed by atoms with Gasteiger partial charge in [0.05, 0.1) is 38.3 Å². The van der Waals surface area contributed by atoms with Crippen molar-refractivity contribution in [3.05, 3.63) is 45.3 Å². The summed E-state index contributed by atoms with van der Waals surface area (Å²) in [6.07, 6.45) is 0. The van der Waals surface area contributed by atoms with Gasteiger partial charge >= 0.3 is 0 Å². The zero-order valence-corrected chi connectivity index (χ0v) is 17.1. The number of halogens is 1. The Morgan fingerprint density at radius 1 is 1.28 bits per heavy atom. The molecule has 1 saturated heterocycles. The lowest BCUT2D eigenvalue weighted by molar-refractivity contribution is -0.116. The van der Waals surface area contributed by atoms with Crippen LogP contribution in [0.15, 0.2) is 29.1 Å². The van der Waals surface area contributed by atoms with E-state index in [1.807, 2.05) is 4.90 Å². The van der Waals surface area contributed by atoms with Gasteiger partial charge in [-0.3, -0.25) is 14.2 Å². The summed E-state index contributed by atoms with van der Waals surface area (Å²) in [5, 5.41) is 3.20. The Labute approximate surface area is 173 Å². The van der Waals surface area contributed by atoms with Crippen LogP contribution in [0.5, 0.6) is 5.75 Å². The number of benzene rings is 1. The maximum Gasteiger partial charge on any atom is 0.255 e. The number of nitrogens with one attached hydrogen (secondary N) is 1. The van der Waals surface area contributed by atoms with Crippen molar-refractivity contribution in [1.82, 2.24) is 9.55 Å². The van der Waals surface area contributed by atoms with Gasteiger partial charge < -0.3 is 24.4 Å². The number of aromatic nitrogens is 2. The molecule has 0 spiro atoms. The Kier molecular flexibility index (Phi) is 7.08. The summed E-state index contributed by atoms with van der Waals surface area (Å²) >= 11 is 6.01. The lowest BCUT2D eigenvalue weighted by Gasteiger charge is -2.29. The van der Waals surface area contributed by atoms with Crippen molar-refractivity contribution >= 4 is 29.1 Å². The van der Waals surface area contributed by atoms with Crippen molar-refractivity contribution in [1.29, 1.82) is 0 Å². The fourth-order valence-electron chi connectivity index (χ4n) is 3.03. The normalized spacial score (nSPS) is 14.0. The number of rotatable bonds is 7. The minimum absolute atomic E-state index is 0.207. The third kappa shape index (κ3) is 5.26. The zero-order chi connectivity index (χ0) is 20.8. The number of anilines is 2. The first-order valence-corrected chi connectivity index (χ1v) is 9.45. The van der Waals surface area contributed by atoms with Crippen LogP contribution in [0.4, 0.5) is 11.6 Å². The lowest BCUT2D eigenvalue weighted by Crippen LogP contribution is -2.42. The van der Waals surface area contributed by atoms with Gasteiger partial charge in [0, 0.05) is 31.3 Å². The molecule has 1 amide bonds. The van der Waals surface area contributed by atoms with E-state index < -0.39 is 5.91 Å². The number of methoxy groups -OCH3 is 2. The maximum absolute atomic E-state index is 12.7. The first kappa shape index (κ1) is 21.1. The largest absolute Gasteiger partial charge is 0.495 e. The molecule has 0 saturated carbocycles. The summed E-state index contributed by atoms with van der Waals surface area (Å²) < 4.78 is 17.1. The van der Waals surface area contributed by atoms with Gasteiger partial charge in [-0.05, 0) is 18.2 Å². The summed E-state index contributed by atoms with van der Waals surface area (Å²) in [5.41, 5.74) is 0.601. The van der Waals surface area contributed by atoms with E-state index in [2.05, 4.69) is 10.3 Å². The lowest BCUT2D eigenvalue weighted by atomic mass is 10.3. The Bertz CT molecular complexity index is 927. The van der Waals surface area contributed by atoms with Crippen molar-refractivity contribution in [3.63, 3.8) is 0 Å². The van der Waals surface area contributed by atoms with E-state index in [-0.39, 0.29) is 18.7 Å². The molecular weight excluding hydrogens is 400 g/mol. The molecule has 0 atom stereocenters. The monoisotopic (exact) mass is 422 g/mol. The molecular formula is C19H23ClN4O5. The van der Waals surface area contributed by atoms with Crippen LogP contribution in [0.25, 0.3) is 0 Å². The van der Waals surface area contributed by atoms with Crippen LogP contribution in [0, 0.1) is 0 Å². The van der Waals surface area contributed by atoms with Crippen molar-refractivity contribution in [2.75, 3.05) is 50.7 Å². The molecule has 1 aromatic heterocycles. The highest BCUT2D eigenvalue weighted by atomic mass is 35.5. The number of nitrogens with zero attached hydrogens (tertiary/aromatic N) is 3. The van der Waals surface area contributed by atoms with Crippen molar-refractivity contribution in [3.8, 4) is 5.75 Å². The molecule has 0 aliphatic carbocycles. The van der Waals surface area contributed by atoms with Crippen LogP contribution in [-0.2, 0) is 27.4 Å². The molecule has 2 aromatic rings. The fraction of sp³-hybridized carbons (Fsp3) is 0.421. The number of hydrogen-bond donors (Lipinski definition) is 1. The zero-order valence-electron chi connectivity index (χ0n) is 16.3. The van der Waals surface area contributed by atoms with Crippen molar-refractivity contribution in [2.24, 2.45) is 0 Å². The Morgan fingerprint density at radius 2 is 2.03 bits per heavy atom. The van der Waals surface area contributed by atoms with Crippen LogP contribution in [-0.4, -0.2) is 56.0 Å². The van der Waals surface area contributed by atoms with E-state index in [1.54, 1.807) is 18.2 Å². The van der Waals surface area contributed by atoms with Crippen LogP contribution in [0.3, 0.4) is 0 Å². The van der Waals surface area contributed by atoms with Gasteiger partial charge in [-0.15, -0.1) is 0 Å². The quantitative estimate of drug-likeness (QED) is 0.722. The van der Waals surface area contributed by atoms with Crippen LogP contribution >= 0.6 is 11.6 Å². The smallest absolute Gasteiger partial charge is 0.255 e. The highest BCUT2D eigenvalue weighted by Gasteiger charge is 2.20. The molecule has 0 radical (unpaired) electrons. The van der Waals surface area contributed by atoms with Crippen LogP contribution in [0.2, 0.25) is 5.02 Å². The van der Waals surface area contributed by atoms with E-state index in [9.17, 15) is 9.59 Å². The second kappa shape index (κ2) is 9.73. The number of morpholine rings is 1. The third-order valence-electron chi connectivity index (χ3n) is 4.36. The highest BCUT2D eigenvalue weighted by molar-refractivity contribution is 6.31. The first-order valence-electron chi connectivity index (χ1n) is 9.07. The van der Waals surface area contributed by atoms with E-state index >= 15 is 0 Å². The van der Waals surface area contributed by atoms with E-state index in [0.29, 0.717) is 54.4 Å². The van der Waals surface area contributed by atoms with Crippen molar-refractivity contribution in [2.45, 2.75) is 13.2 Å². The Balaban J connectivity index is 1.88. The summed E-state index contributed by atoms with van der Waals surface area (Å²) in [5.74, 6) is 0.488. The maximum atomic E-state index is 12.7. The second-order valence-corrected chi connectivity index (χ2v) is 6.83. The Morgan fingerprint density at radius 3 is 2.72 bits per heavy atom. The molecule has 2 heterocycles. The number of carbonyl (C=O) groups is 1. The van der Waals surface area contributed by atoms with Gasteiger partial charge in [0.2, 0.25) is 11.9 Å². The van der Waals surface area contributed by atoms with Crippen molar-refractivity contribution < 1.29 is 19.0 Å². The molecule has 3 rings (SSSR count). The summed E-state index contributed by atoms with van der Waals surface area (Å²) in [6.45, 7) is 2.20. The number of amides is 1. The second-order valence-electron chi connectivity index (χ2n) is 6.40. The molecule has 1 aromatic carbocycles. The molecule has 1 fully saturated rings. The first-order chi connectivity index (χ1) is 14.0. The molecule has 1 aliphatic heterocycles. The van der Waals surface area contributed by atoms with Gasteiger partial charge in [0.15, 0.2) is 0 Å². The van der Waals surface area contributed by atoms with E-state index in [0.717, 1.165) is 0 Å². The minimum Gasteiger partial charge on any atom is -0.495 e. The average Bonchev–Trinajstić information content (AvgIpc) is 2.71. The molecule has 0 bridgehead atoms. The molecule has 10 heteroatoms. The molecule has 156 valence electrons. The van der Waals surface area contributed by atoms with Crippen LogP contribution < -0.4 is 20.5 Å². The number of hydrogen-bond acceptors (Lipinski definition) is 7. The van der Waals surface area contributed by atoms with Gasteiger partial charge in [0.25, 0.3) is 5.56 Å². The van der Waals surface area contributed by atoms with E-state index in [4.69, 9.17) is 25.8 Å². The number of ether oxygens (including phenoxy) is 3. The van der Waals surface area contributed by atoms with Gasteiger partial charge in [-0.1, -0.05) is 11.6 Å². The topological polar surface area (TPSA) is 94.9 Å². The molecule has 1 aliphatic rings. The molecule has 1 N–H and O–H groups in total. The predicted octanol–water partition coefficient (Wildman–Crippen LogP) is 1.53. The molecule has 9 nitrogen and oxygen atoms in total. The SMILES string of the molecule is COCc1cc(=O)n(CC(=O)Nc2cc(Cl)ccc2OC)c(N2CCOCC2)n1. The minimum atomic E-state index is -0.400. The fourth-order valence-corrected chi connectivity index (χ4v) is 3.20. The highest BCUT2D eigenvalue weighted by Crippen LogP contribution is 2.27. The van der Waals surface area contributed by atoms with Gasteiger partial charge in [0.1, 0.15) is 12.3 Å². The van der Waals surface area contributed by atoms with E-state index in [1.165, 1.54) is 24.9 Å². The third-order valence-corrected chi connectivity index (χ3v) is 4.60. The Hall–Kier alpha value is -2.62. The average molecular weight is 423 g/mol. The summed E-state index contributed by atoms with van der Waals surface area (Å²) in [6, 6.07) is 6.28. The van der Waals surface area contributed by atoms with Gasteiger partial charge in [-0.2, -0.15) is 0 Å². The summed E-state index contributed by atoms with van der Waals surface area (Å²) in [4.78, 5) is 31.9. The van der Waals surface area contributed by atoms with Crippen LogP contribution in [0.1, 0.15) is 5.69 Å². The molecule has 0 unspecified atom stereocenters. The standard InChI is InChI=1S/C19H23ClN4O5/c1-27-12-14-10-18(26)24(19(21-14)23-5-7-29-8-6-23)11-17(25)22-15-9-13(20)3-4-16(15)28-2/h3-4,9-10H,5-8,11-12H2,1-2H3,(H,22,25). The van der Waals surface area contributed by atoms with Gasteiger partial charge in [-0.25, -0.2) is 4.98 Å². The number of carbonyl (C=O) groups excluding carboxylic acids is 1. The summed E-state index contributed by atoms with van der Waals surface area (Å²) in [7, 11) is 3.03. The predicted molar refractivity (Wildman–Crippen MR) is 109 cm³/mol.